The number of nitrogens with one attached hydrogen (secondary N) is 1. The van der Waals surface area contributed by atoms with Crippen LogP contribution in [0.2, 0.25) is 0 Å². The molecule has 1 atom stereocenters. The molecule has 1 N–H and O–H groups in total. The van der Waals surface area contributed by atoms with Gasteiger partial charge in [-0.05, 0) is 56.7 Å². The van der Waals surface area contributed by atoms with Gasteiger partial charge >= 0.3 is 6.18 Å². The Bertz CT molecular complexity index is 1170. The lowest BCUT2D eigenvalue weighted by atomic mass is 10.1. The third-order valence-electron chi connectivity index (χ3n) is 5.25. The van der Waals surface area contributed by atoms with Crippen molar-refractivity contribution in [1.82, 2.24) is 10.2 Å². The number of amides is 2. The molecule has 0 aliphatic rings. The molecule has 0 bridgehead atoms. The molecule has 0 radical (unpaired) electrons. The van der Waals surface area contributed by atoms with Crippen LogP contribution in [0, 0.1) is 0 Å². The zero-order valence-electron chi connectivity index (χ0n) is 20.7. The van der Waals surface area contributed by atoms with Crippen LogP contribution in [0.4, 0.5) is 18.9 Å². The van der Waals surface area contributed by atoms with E-state index in [1.165, 1.54) is 25.0 Å². The molecule has 1 unspecified atom stereocenters. The van der Waals surface area contributed by atoms with Gasteiger partial charge in [-0.25, -0.2) is 8.42 Å². The molecule has 0 saturated carbocycles. The van der Waals surface area contributed by atoms with Gasteiger partial charge in [0.1, 0.15) is 18.3 Å². The number of sulfonamides is 1. The van der Waals surface area contributed by atoms with E-state index in [-0.39, 0.29) is 18.3 Å². The molecule has 0 spiro atoms. The molecule has 0 aromatic heterocycles. The minimum atomic E-state index is -4.70. The van der Waals surface area contributed by atoms with Crippen molar-refractivity contribution in [2.45, 2.75) is 45.6 Å². The number of methoxy groups -OCH3 is 1. The predicted octanol–water partition coefficient (Wildman–Crippen LogP) is 3.42. The Balaban J connectivity index is 2.43. The van der Waals surface area contributed by atoms with Crippen LogP contribution in [-0.2, 0) is 32.3 Å². The molecule has 0 aliphatic carbocycles. The zero-order chi connectivity index (χ0) is 27.3. The van der Waals surface area contributed by atoms with E-state index < -0.39 is 46.2 Å². The van der Waals surface area contributed by atoms with Gasteiger partial charge in [0, 0.05) is 12.6 Å². The number of nitrogens with zero attached hydrogens (tertiary/aromatic N) is 2. The standard InChI is InChI=1S/C24H30F3N3O5S/c1-16(2)28-23(32)17(3)29(14-18-9-11-21(35-4)12-10-18)22(31)15-30(36(5,33)34)20-8-6-7-19(13-20)24(25,26)27/h6-13,16-17H,14-15H2,1-5H3,(H,28,32). The van der Waals surface area contributed by atoms with Crippen LogP contribution in [0.3, 0.4) is 0 Å². The van der Waals surface area contributed by atoms with Crippen LogP contribution in [-0.4, -0.2) is 57.1 Å². The monoisotopic (exact) mass is 529 g/mol. The fourth-order valence-corrected chi connectivity index (χ4v) is 4.21. The Kier molecular flexibility index (Phi) is 9.36. The molecule has 12 heteroatoms. The van der Waals surface area contributed by atoms with Crippen molar-refractivity contribution in [3.8, 4) is 5.75 Å². The first kappa shape index (κ1) is 29.0. The summed E-state index contributed by atoms with van der Waals surface area (Å²) in [5.41, 5.74) is -0.733. The summed E-state index contributed by atoms with van der Waals surface area (Å²) in [7, 11) is -2.66. The topological polar surface area (TPSA) is 96.0 Å². The highest BCUT2D eigenvalue weighted by Gasteiger charge is 2.33. The van der Waals surface area contributed by atoms with E-state index in [1.807, 2.05) is 0 Å². The Morgan fingerprint density at radius 3 is 2.17 bits per heavy atom. The van der Waals surface area contributed by atoms with Crippen LogP contribution in [0.1, 0.15) is 31.9 Å². The lowest BCUT2D eigenvalue weighted by molar-refractivity contribution is -0.139. The van der Waals surface area contributed by atoms with E-state index in [0.717, 1.165) is 18.4 Å². The van der Waals surface area contributed by atoms with Crippen LogP contribution in [0.15, 0.2) is 48.5 Å². The Morgan fingerprint density at radius 2 is 1.67 bits per heavy atom. The summed E-state index contributed by atoms with van der Waals surface area (Å²) in [6.45, 7) is 4.15. The molecule has 2 amide bonds. The van der Waals surface area contributed by atoms with Crippen molar-refractivity contribution in [2.24, 2.45) is 0 Å². The van der Waals surface area contributed by atoms with Crippen molar-refractivity contribution in [3.63, 3.8) is 0 Å². The highest BCUT2D eigenvalue weighted by Crippen LogP contribution is 2.32. The molecule has 198 valence electrons. The second kappa shape index (κ2) is 11.6. The van der Waals surface area contributed by atoms with E-state index in [2.05, 4.69) is 5.32 Å². The van der Waals surface area contributed by atoms with Gasteiger partial charge in [0.05, 0.1) is 24.6 Å². The van der Waals surface area contributed by atoms with Gasteiger partial charge in [0.15, 0.2) is 0 Å². The third-order valence-corrected chi connectivity index (χ3v) is 6.39. The first-order valence-corrected chi connectivity index (χ1v) is 12.9. The molecule has 0 saturated heterocycles. The number of anilines is 1. The fourth-order valence-electron chi connectivity index (χ4n) is 3.37. The van der Waals surface area contributed by atoms with Gasteiger partial charge in [-0.1, -0.05) is 18.2 Å². The molecule has 2 aromatic rings. The van der Waals surface area contributed by atoms with E-state index >= 15 is 0 Å². The summed E-state index contributed by atoms with van der Waals surface area (Å²) in [4.78, 5) is 27.3. The molecule has 0 aliphatic heterocycles. The number of hydrogen-bond acceptors (Lipinski definition) is 5. The summed E-state index contributed by atoms with van der Waals surface area (Å²) < 4.78 is 70.4. The minimum Gasteiger partial charge on any atom is -0.497 e. The van der Waals surface area contributed by atoms with Crippen LogP contribution < -0.4 is 14.4 Å². The summed E-state index contributed by atoms with van der Waals surface area (Å²) in [5, 5.41) is 2.71. The maximum absolute atomic E-state index is 13.4. The summed E-state index contributed by atoms with van der Waals surface area (Å²) in [6.07, 6.45) is -3.91. The van der Waals surface area contributed by atoms with Crippen molar-refractivity contribution in [3.05, 3.63) is 59.7 Å². The summed E-state index contributed by atoms with van der Waals surface area (Å²) in [6, 6.07) is 9.21. The maximum Gasteiger partial charge on any atom is 0.416 e. The molecule has 8 nitrogen and oxygen atoms in total. The number of ether oxygens (including phenoxy) is 1. The van der Waals surface area contributed by atoms with Crippen molar-refractivity contribution < 1.29 is 35.9 Å². The number of carbonyl (C=O) groups excluding carboxylic acids is 2. The number of alkyl halides is 3. The van der Waals surface area contributed by atoms with Crippen LogP contribution in [0.5, 0.6) is 5.75 Å². The molecule has 0 heterocycles. The molecule has 0 fully saturated rings. The van der Waals surface area contributed by atoms with E-state index in [1.54, 1.807) is 38.1 Å². The highest BCUT2D eigenvalue weighted by molar-refractivity contribution is 7.92. The first-order chi connectivity index (χ1) is 16.6. The number of carbonyl (C=O) groups is 2. The largest absolute Gasteiger partial charge is 0.497 e. The SMILES string of the molecule is COc1ccc(CN(C(=O)CN(c2cccc(C(F)(F)F)c2)S(C)(=O)=O)C(C)C(=O)NC(C)C)cc1. The Morgan fingerprint density at radius 1 is 1.06 bits per heavy atom. The molecule has 2 rings (SSSR count). The Hall–Kier alpha value is -3.28. The third kappa shape index (κ3) is 7.87. The van der Waals surface area contributed by atoms with Crippen molar-refractivity contribution >= 4 is 27.5 Å². The predicted molar refractivity (Wildman–Crippen MR) is 130 cm³/mol. The lowest BCUT2D eigenvalue weighted by Crippen LogP contribution is -2.52. The first-order valence-electron chi connectivity index (χ1n) is 11.0. The zero-order valence-corrected chi connectivity index (χ0v) is 21.5. The molecular weight excluding hydrogens is 499 g/mol. The van der Waals surface area contributed by atoms with Crippen LogP contribution >= 0.6 is 0 Å². The van der Waals surface area contributed by atoms with E-state index in [0.29, 0.717) is 21.7 Å². The van der Waals surface area contributed by atoms with Gasteiger partial charge in [0.2, 0.25) is 21.8 Å². The Labute approximate surface area is 209 Å². The smallest absolute Gasteiger partial charge is 0.416 e. The number of halogens is 3. The van der Waals surface area contributed by atoms with Gasteiger partial charge in [0.25, 0.3) is 0 Å². The highest BCUT2D eigenvalue weighted by atomic mass is 32.2. The number of benzene rings is 2. The van der Waals surface area contributed by atoms with E-state index in [4.69, 9.17) is 4.74 Å². The minimum absolute atomic E-state index is 0.0459. The second-order valence-electron chi connectivity index (χ2n) is 8.53. The van der Waals surface area contributed by atoms with Crippen molar-refractivity contribution in [2.75, 3.05) is 24.2 Å². The summed E-state index contributed by atoms with van der Waals surface area (Å²) >= 11 is 0. The van der Waals surface area contributed by atoms with Crippen molar-refractivity contribution in [1.29, 1.82) is 0 Å². The quantitative estimate of drug-likeness (QED) is 0.509. The number of rotatable bonds is 10. The summed E-state index contributed by atoms with van der Waals surface area (Å²) in [5.74, 6) is -0.646. The van der Waals surface area contributed by atoms with Crippen LogP contribution in [0.25, 0.3) is 0 Å². The maximum atomic E-state index is 13.4. The number of hydrogen-bond donors (Lipinski definition) is 1. The lowest BCUT2D eigenvalue weighted by Gasteiger charge is -2.32. The van der Waals surface area contributed by atoms with Gasteiger partial charge in [-0.2, -0.15) is 13.2 Å². The average Bonchev–Trinajstić information content (AvgIpc) is 2.79. The van der Waals surface area contributed by atoms with Gasteiger partial charge in [-0.3, -0.25) is 13.9 Å². The normalized spacial score (nSPS) is 12.7. The average molecular weight is 530 g/mol. The molecule has 2 aromatic carbocycles. The van der Waals surface area contributed by atoms with E-state index in [9.17, 15) is 31.2 Å². The van der Waals surface area contributed by atoms with Gasteiger partial charge < -0.3 is 15.0 Å². The molecular formula is C24H30F3N3O5S. The molecule has 36 heavy (non-hydrogen) atoms. The fraction of sp³-hybridized carbons (Fsp3) is 0.417. The van der Waals surface area contributed by atoms with Gasteiger partial charge in [-0.15, -0.1) is 0 Å². The second-order valence-corrected chi connectivity index (χ2v) is 10.4.